The molecule has 21 heavy (non-hydrogen) atoms. The molecule has 3 aliphatic carbocycles. The Morgan fingerprint density at radius 3 is 2.71 bits per heavy atom. The second-order valence-electron chi connectivity index (χ2n) is 8.47. The SMILES string of the molecule is C=C(CCC=C(C)C)C1CC(O)[C@]2(C)C3CC[C@@H](C)C3[C@H]12. The lowest BCUT2D eigenvalue weighted by atomic mass is 9.46. The molecule has 0 saturated heterocycles. The van der Waals surface area contributed by atoms with Crippen LogP contribution < -0.4 is 0 Å². The molecule has 3 rings (SSSR count). The number of aliphatic hydroxyl groups excluding tert-OH is 1. The Morgan fingerprint density at radius 2 is 2.05 bits per heavy atom. The molecule has 0 aromatic rings. The zero-order valence-corrected chi connectivity index (χ0v) is 14.2. The first-order valence-electron chi connectivity index (χ1n) is 8.86. The van der Waals surface area contributed by atoms with Gasteiger partial charge in [-0.1, -0.05) is 44.1 Å². The third kappa shape index (κ3) is 2.15. The molecular formula is C20H32O. The molecular weight excluding hydrogens is 256 g/mol. The van der Waals surface area contributed by atoms with Crippen molar-refractivity contribution in [3.63, 3.8) is 0 Å². The highest BCUT2D eigenvalue weighted by atomic mass is 16.3. The fraction of sp³-hybridized carbons (Fsp3) is 0.800. The number of rotatable bonds is 4. The normalized spacial score (nSPS) is 47.5. The van der Waals surface area contributed by atoms with Crippen LogP contribution in [0.3, 0.4) is 0 Å². The molecule has 0 bridgehead atoms. The Kier molecular flexibility index (Phi) is 3.84. The van der Waals surface area contributed by atoms with E-state index in [0.29, 0.717) is 11.8 Å². The molecule has 3 saturated carbocycles. The van der Waals surface area contributed by atoms with Crippen LogP contribution in [-0.2, 0) is 0 Å². The van der Waals surface area contributed by atoms with E-state index in [4.69, 9.17) is 0 Å². The minimum absolute atomic E-state index is 0.0979. The summed E-state index contributed by atoms with van der Waals surface area (Å²) in [6.07, 6.45) is 8.10. The maximum absolute atomic E-state index is 10.7. The van der Waals surface area contributed by atoms with Crippen molar-refractivity contribution in [1.82, 2.24) is 0 Å². The Bertz CT molecular complexity index is 458. The van der Waals surface area contributed by atoms with Gasteiger partial charge < -0.3 is 5.11 Å². The first kappa shape index (κ1) is 15.3. The van der Waals surface area contributed by atoms with Crippen LogP contribution in [0.1, 0.15) is 59.8 Å². The van der Waals surface area contributed by atoms with Crippen LogP contribution in [0.5, 0.6) is 0 Å². The Hall–Kier alpha value is -0.560. The maximum Gasteiger partial charge on any atom is 0.0605 e. The van der Waals surface area contributed by atoms with Crippen LogP contribution in [0, 0.1) is 35.0 Å². The van der Waals surface area contributed by atoms with Gasteiger partial charge in [0, 0.05) is 5.41 Å². The average Bonchev–Trinajstić information content (AvgIpc) is 2.84. The highest BCUT2D eigenvalue weighted by molar-refractivity contribution is 5.24. The summed E-state index contributed by atoms with van der Waals surface area (Å²) in [6, 6.07) is 0. The van der Waals surface area contributed by atoms with Crippen molar-refractivity contribution in [2.75, 3.05) is 0 Å². The summed E-state index contributed by atoms with van der Waals surface area (Å²) in [5.74, 6) is 3.76. The van der Waals surface area contributed by atoms with Crippen molar-refractivity contribution in [3.05, 3.63) is 23.8 Å². The molecule has 7 atom stereocenters. The lowest BCUT2D eigenvalue weighted by molar-refractivity contribution is -0.142. The minimum Gasteiger partial charge on any atom is -0.393 e. The van der Waals surface area contributed by atoms with E-state index in [1.54, 1.807) is 0 Å². The van der Waals surface area contributed by atoms with E-state index in [0.717, 1.165) is 37.0 Å². The maximum atomic E-state index is 10.7. The summed E-state index contributed by atoms with van der Waals surface area (Å²) in [4.78, 5) is 0. The van der Waals surface area contributed by atoms with Gasteiger partial charge in [0.15, 0.2) is 0 Å². The summed E-state index contributed by atoms with van der Waals surface area (Å²) in [7, 11) is 0. The van der Waals surface area contributed by atoms with Crippen LogP contribution in [0.2, 0.25) is 0 Å². The highest BCUT2D eigenvalue weighted by Crippen LogP contribution is 2.73. The molecule has 3 aliphatic rings. The zero-order valence-electron chi connectivity index (χ0n) is 14.2. The monoisotopic (exact) mass is 288 g/mol. The van der Waals surface area contributed by atoms with E-state index in [1.807, 2.05) is 0 Å². The Labute approximate surface area is 130 Å². The fourth-order valence-electron chi connectivity index (χ4n) is 6.06. The van der Waals surface area contributed by atoms with Crippen molar-refractivity contribution in [2.24, 2.45) is 35.0 Å². The quantitative estimate of drug-likeness (QED) is 0.724. The van der Waals surface area contributed by atoms with Crippen LogP contribution in [-0.4, -0.2) is 11.2 Å². The van der Waals surface area contributed by atoms with E-state index in [9.17, 15) is 5.11 Å². The van der Waals surface area contributed by atoms with Crippen molar-refractivity contribution in [3.8, 4) is 0 Å². The number of hydrogen-bond donors (Lipinski definition) is 1. The van der Waals surface area contributed by atoms with Crippen LogP contribution in [0.25, 0.3) is 0 Å². The summed E-state index contributed by atoms with van der Waals surface area (Å²) >= 11 is 0. The van der Waals surface area contributed by atoms with Gasteiger partial charge in [-0.15, -0.1) is 0 Å². The summed E-state index contributed by atoms with van der Waals surface area (Å²) < 4.78 is 0. The molecule has 0 aromatic heterocycles. The molecule has 4 unspecified atom stereocenters. The smallest absolute Gasteiger partial charge is 0.0605 e. The first-order valence-corrected chi connectivity index (χ1v) is 8.86. The van der Waals surface area contributed by atoms with Crippen molar-refractivity contribution >= 4 is 0 Å². The third-order valence-corrected chi connectivity index (χ3v) is 7.16. The van der Waals surface area contributed by atoms with Gasteiger partial charge in [0.05, 0.1) is 6.10 Å². The summed E-state index contributed by atoms with van der Waals surface area (Å²) in [6.45, 7) is 13.5. The summed E-state index contributed by atoms with van der Waals surface area (Å²) in [5.41, 5.74) is 2.99. The lowest BCUT2D eigenvalue weighted by Crippen LogP contribution is -2.57. The highest BCUT2D eigenvalue weighted by Gasteiger charge is 2.70. The van der Waals surface area contributed by atoms with Crippen LogP contribution in [0.4, 0.5) is 0 Å². The van der Waals surface area contributed by atoms with Crippen LogP contribution in [0.15, 0.2) is 23.8 Å². The van der Waals surface area contributed by atoms with E-state index >= 15 is 0 Å². The fourth-order valence-corrected chi connectivity index (χ4v) is 6.06. The number of allylic oxidation sites excluding steroid dienone is 3. The number of aliphatic hydroxyl groups is 1. The molecule has 1 N–H and O–H groups in total. The molecule has 0 aliphatic heterocycles. The van der Waals surface area contributed by atoms with Gasteiger partial charge in [-0.05, 0) is 69.1 Å². The molecule has 0 radical (unpaired) electrons. The van der Waals surface area contributed by atoms with E-state index < -0.39 is 0 Å². The molecule has 118 valence electrons. The lowest BCUT2D eigenvalue weighted by Gasteiger charge is -2.58. The predicted molar refractivity (Wildman–Crippen MR) is 88.9 cm³/mol. The largest absolute Gasteiger partial charge is 0.393 e. The van der Waals surface area contributed by atoms with Crippen molar-refractivity contribution in [2.45, 2.75) is 65.9 Å². The molecule has 1 nitrogen and oxygen atoms in total. The van der Waals surface area contributed by atoms with E-state index in [2.05, 4.69) is 40.3 Å². The van der Waals surface area contributed by atoms with Gasteiger partial charge in [0.1, 0.15) is 0 Å². The second-order valence-corrected chi connectivity index (χ2v) is 8.47. The van der Waals surface area contributed by atoms with Crippen molar-refractivity contribution in [1.29, 1.82) is 0 Å². The Morgan fingerprint density at radius 1 is 1.33 bits per heavy atom. The number of hydrogen-bond acceptors (Lipinski definition) is 1. The molecule has 0 heterocycles. The van der Waals surface area contributed by atoms with Gasteiger partial charge in [0.2, 0.25) is 0 Å². The molecule has 3 fully saturated rings. The predicted octanol–water partition coefficient (Wildman–Crippen LogP) is 4.97. The molecule has 0 aromatic carbocycles. The second kappa shape index (κ2) is 5.26. The topological polar surface area (TPSA) is 20.2 Å². The standard InChI is InChI=1S/C20H32O/c1-12(2)7-6-8-13(3)15-11-17(21)20(5)16-10-9-14(4)18(16)19(15)20/h7,14-19,21H,3,6,8-11H2,1-2,4-5H3/t14-,15?,16?,17?,18?,19+,20+/m1/s1. The van der Waals surface area contributed by atoms with Gasteiger partial charge in [-0.3, -0.25) is 0 Å². The van der Waals surface area contributed by atoms with Gasteiger partial charge in [-0.2, -0.15) is 0 Å². The minimum atomic E-state index is -0.0979. The molecule has 1 heteroatoms. The van der Waals surface area contributed by atoms with Crippen molar-refractivity contribution < 1.29 is 5.11 Å². The molecule has 0 spiro atoms. The summed E-state index contributed by atoms with van der Waals surface area (Å²) in [5, 5.41) is 10.7. The molecule has 0 amide bonds. The van der Waals surface area contributed by atoms with Gasteiger partial charge >= 0.3 is 0 Å². The van der Waals surface area contributed by atoms with E-state index in [1.165, 1.54) is 24.0 Å². The Balaban J connectivity index is 1.73. The third-order valence-electron chi connectivity index (χ3n) is 7.16. The first-order chi connectivity index (χ1) is 9.87. The average molecular weight is 288 g/mol. The van der Waals surface area contributed by atoms with Crippen LogP contribution >= 0.6 is 0 Å². The number of fused-ring (bicyclic) bond motifs is 4. The zero-order chi connectivity index (χ0) is 15.4. The van der Waals surface area contributed by atoms with Gasteiger partial charge in [0.25, 0.3) is 0 Å². The van der Waals surface area contributed by atoms with E-state index in [-0.39, 0.29) is 11.5 Å². The van der Waals surface area contributed by atoms with Gasteiger partial charge in [-0.25, -0.2) is 0 Å².